The SMILES string of the molecule is COc1cccc(NC(=O)c2cc(C3CC3)nc3c2cnn3C(C)C)c1. The van der Waals surface area contributed by atoms with E-state index in [1.165, 1.54) is 0 Å². The number of carbonyl (C=O) groups is 1. The Kier molecular flexibility index (Phi) is 4.11. The molecule has 4 rings (SSSR count). The summed E-state index contributed by atoms with van der Waals surface area (Å²) in [5, 5.41) is 8.19. The molecule has 0 bridgehead atoms. The minimum atomic E-state index is -0.157. The summed E-state index contributed by atoms with van der Waals surface area (Å²) >= 11 is 0. The second-order valence-corrected chi connectivity index (χ2v) is 6.98. The highest BCUT2D eigenvalue weighted by Crippen LogP contribution is 2.40. The van der Waals surface area contributed by atoms with Crippen LogP contribution in [0.3, 0.4) is 0 Å². The monoisotopic (exact) mass is 350 g/mol. The summed E-state index contributed by atoms with van der Waals surface area (Å²) in [5.41, 5.74) is 3.08. The molecule has 1 fully saturated rings. The molecule has 134 valence electrons. The third kappa shape index (κ3) is 3.03. The Morgan fingerprint density at radius 3 is 2.81 bits per heavy atom. The van der Waals surface area contributed by atoms with Crippen LogP contribution in [0, 0.1) is 0 Å². The summed E-state index contributed by atoms with van der Waals surface area (Å²) in [4.78, 5) is 17.8. The third-order valence-electron chi connectivity index (χ3n) is 4.64. The van der Waals surface area contributed by atoms with E-state index in [9.17, 15) is 4.79 Å². The van der Waals surface area contributed by atoms with E-state index in [1.54, 1.807) is 19.4 Å². The van der Waals surface area contributed by atoms with E-state index in [2.05, 4.69) is 24.3 Å². The van der Waals surface area contributed by atoms with E-state index >= 15 is 0 Å². The number of anilines is 1. The lowest BCUT2D eigenvalue weighted by atomic mass is 10.1. The van der Waals surface area contributed by atoms with Gasteiger partial charge in [0.1, 0.15) is 5.75 Å². The molecule has 3 aromatic rings. The van der Waals surface area contributed by atoms with E-state index in [0.717, 1.165) is 29.6 Å². The van der Waals surface area contributed by atoms with Gasteiger partial charge < -0.3 is 10.1 Å². The number of benzene rings is 1. The molecule has 1 aromatic carbocycles. The van der Waals surface area contributed by atoms with Crippen LogP contribution in [0.4, 0.5) is 5.69 Å². The van der Waals surface area contributed by atoms with Crippen molar-refractivity contribution in [2.24, 2.45) is 0 Å². The molecule has 2 heterocycles. The predicted octanol–water partition coefficient (Wildman–Crippen LogP) is 4.15. The fourth-order valence-corrected chi connectivity index (χ4v) is 3.09. The van der Waals surface area contributed by atoms with Crippen molar-refractivity contribution in [1.82, 2.24) is 14.8 Å². The summed E-state index contributed by atoms with van der Waals surface area (Å²) < 4.78 is 7.10. The molecule has 1 amide bonds. The van der Waals surface area contributed by atoms with Crippen LogP contribution in [0.25, 0.3) is 11.0 Å². The van der Waals surface area contributed by atoms with Gasteiger partial charge in [-0.25, -0.2) is 9.67 Å². The van der Waals surface area contributed by atoms with Gasteiger partial charge in [-0.2, -0.15) is 5.10 Å². The largest absolute Gasteiger partial charge is 0.497 e. The van der Waals surface area contributed by atoms with Gasteiger partial charge in [-0.05, 0) is 44.9 Å². The molecule has 1 aliphatic carbocycles. The normalized spacial score (nSPS) is 14.0. The standard InChI is InChI=1S/C20H22N4O2/c1-12(2)24-19-17(11-21-24)16(10-18(23-19)13-7-8-13)20(25)22-14-5-4-6-15(9-14)26-3/h4-6,9-13H,7-8H2,1-3H3,(H,22,25). The number of carbonyl (C=O) groups excluding carboxylic acids is 1. The molecule has 0 radical (unpaired) electrons. The molecule has 1 N–H and O–H groups in total. The molecule has 0 atom stereocenters. The summed E-state index contributed by atoms with van der Waals surface area (Å²) in [7, 11) is 1.61. The maximum absolute atomic E-state index is 13.0. The number of amides is 1. The lowest BCUT2D eigenvalue weighted by Crippen LogP contribution is -2.14. The minimum Gasteiger partial charge on any atom is -0.497 e. The molecule has 0 unspecified atom stereocenters. The average Bonchev–Trinajstić information content (AvgIpc) is 3.39. The Morgan fingerprint density at radius 2 is 2.12 bits per heavy atom. The average molecular weight is 350 g/mol. The molecule has 6 nitrogen and oxygen atoms in total. The van der Waals surface area contributed by atoms with Crippen molar-refractivity contribution in [3.05, 3.63) is 47.8 Å². The van der Waals surface area contributed by atoms with Crippen LogP contribution in [-0.2, 0) is 0 Å². The van der Waals surface area contributed by atoms with Crippen LogP contribution in [0.15, 0.2) is 36.5 Å². The first-order valence-corrected chi connectivity index (χ1v) is 8.90. The number of rotatable bonds is 5. The number of nitrogens with one attached hydrogen (secondary N) is 1. The fraction of sp³-hybridized carbons (Fsp3) is 0.350. The summed E-state index contributed by atoms with van der Waals surface area (Å²) in [5.74, 6) is 1.00. The van der Waals surface area contributed by atoms with Crippen molar-refractivity contribution in [2.75, 3.05) is 12.4 Å². The molecule has 1 aliphatic rings. The molecule has 6 heteroatoms. The lowest BCUT2D eigenvalue weighted by Gasteiger charge is -2.11. The molecule has 0 saturated heterocycles. The molecule has 1 saturated carbocycles. The number of nitrogens with zero attached hydrogens (tertiary/aromatic N) is 3. The number of fused-ring (bicyclic) bond motifs is 1. The third-order valence-corrected chi connectivity index (χ3v) is 4.64. The second kappa shape index (κ2) is 6.44. The van der Waals surface area contributed by atoms with Crippen molar-refractivity contribution in [1.29, 1.82) is 0 Å². The predicted molar refractivity (Wildman–Crippen MR) is 101 cm³/mol. The quantitative estimate of drug-likeness (QED) is 0.750. The number of methoxy groups -OCH3 is 1. The molecule has 26 heavy (non-hydrogen) atoms. The van der Waals surface area contributed by atoms with Crippen molar-refractivity contribution >= 4 is 22.6 Å². The molecular formula is C20H22N4O2. The summed E-state index contributed by atoms with van der Waals surface area (Å²) in [6.07, 6.45) is 4.00. The number of pyridine rings is 1. The number of aromatic nitrogens is 3. The Labute approximate surface area is 152 Å². The van der Waals surface area contributed by atoms with Crippen LogP contribution >= 0.6 is 0 Å². The van der Waals surface area contributed by atoms with Gasteiger partial charge in [-0.1, -0.05) is 6.07 Å². The van der Waals surface area contributed by atoms with E-state index in [1.807, 2.05) is 28.9 Å². The van der Waals surface area contributed by atoms with Crippen molar-refractivity contribution in [2.45, 2.75) is 38.6 Å². The van der Waals surface area contributed by atoms with Gasteiger partial charge in [0.25, 0.3) is 5.91 Å². The first kappa shape index (κ1) is 16.6. The van der Waals surface area contributed by atoms with Crippen LogP contribution in [0.1, 0.15) is 54.7 Å². The van der Waals surface area contributed by atoms with Gasteiger partial charge in [-0.15, -0.1) is 0 Å². The van der Waals surface area contributed by atoms with Gasteiger partial charge in [0, 0.05) is 29.4 Å². The Bertz CT molecular complexity index is 973. The van der Waals surface area contributed by atoms with Gasteiger partial charge in [0.2, 0.25) is 0 Å². The van der Waals surface area contributed by atoms with Gasteiger partial charge in [-0.3, -0.25) is 4.79 Å². The van der Waals surface area contributed by atoms with Crippen LogP contribution in [0.5, 0.6) is 5.75 Å². The minimum absolute atomic E-state index is 0.157. The number of hydrogen-bond acceptors (Lipinski definition) is 4. The van der Waals surface area contributed by atoms with Gasteiger partial charge in [0.05, 0.1) is 24.3 Å². The second-order valence-electron chi connectivity index (χ2n) is 6.98. The lowest BCUT2D eigenvalue weighted by molar-refractivity contribution is 0.102. The maximum Gasteiger partial charge on any atom is 0.256 e. The summed E-state index contributed by atoms with van der Waals surface area (Å²) in [6, 6.07) is 9.44. The first-order valence-electron chi connectivity index (χ1n) is 8.90. The van der Waals surface area contributed by atoms with Gasteiger partial charge >= 0.3 is 0 Å². The van der Waals surface area contributed by atoms with E-state index in [-0.39, 0.29) is 11.9 Å². The van der Waals surface area contributed by atoms with E-state index in [0.29, 0.717) is 22.9 Å². The Hall–Kier alpha value is -2.89. The van der Waals surface area contributed by atoms with Crippen molar-refractivity contribution in [3.63, 3.8) is 0 Å². The summed E-state index contributed by atoms with van der Waals surface area (Å²) in [6.45, 7) is 4.13. The maximum atomic E-state index is 13.0. The number of hydrogen-bond donors (Lipinski definition) is 1. The highest BCUT2D eigenvalue weighted by Gasteiger charge is 2.28. The molecule has 2 aromatic heterocycles. The zero-order valence-electron chi connectivity index (χ0n) is 15.2. The smallest absolute Gasteiger partial charge is 0.256 e. The zero-order chi connectivity index (χ0) is 18.3. The molecule has 0 aliphatic heterocycles. The van der Waals surface area contributed by atoms with E-state index in [4.69, 9.17) is 9.72 Å². The van der Waals surface area contributed by atoms with Gasteiger partial charge in [0.15, 0.2) is 5.65 Å². The molecular weight excluding hydrogens is 328 g/mol. The van der Waals surface area contributed by atoms with Crippen LogP contribution in [-0.4, -0.2) is 27.8 Å². The van der Waals surface area contributed by atoms with Crippen LogP contribution < -0.4 is 10.1 Å². The van der Waals surface area contributed by atoms with E-state index < -0.39 is 0 Å². The van der Waals surface area contributed by atoms with Crippen LogP contribution in [0.2, 0.25) is 0 Å². The molecule has 0 spiro atoms. The van der Waals surface area contributed by atoms with Crippen molar-refractivity contribution < 1.29 is 9.53 Å². The Balaban J connectivity index is 1.75. The highest BCUT2D eigenvalue weighted by atomic mass is 16.5. The Morgan fingerprint density at radius 1 is 1.31 bits per heavy atom. The fourth-order valence-electron chi connectivity index (χ4n) is 3.09. The number of ether oxygens (including phenoxy) is 1. The van der Waals surface area contributed by atoms with Crippen molar-refractivity contribution in [3.8, 4) is 5.75 Å². The first-order chi connectivity index (χ1) is 12.6. The topological polar surface area (TPSA) is 69.0 Å². The zero-order valence-corrected chi connectivity index (χ0v) is 15.2. The highest BCUT2D eigenvalue weighted by molar-refractivity contribution is 6.12.